The van der Waals surface area contributed by atoms with Gasteiger partial charge in [-0.05, 0) is 0 Å². The summed E-state index contributed by atoms with van der Waals surface area (Å²) >= 11 is 2.01. The van der Waals surface area contributed by atoms with Crippen molar-refractivity contribution in [1.29, 1.82) is 0 Å². The molecule has 0 fully saturated rings. The molecule has 0 N–H and O–H groups in total. The average Bonchev–Trinajstić information content (AvgIpc) is 2.01. The van der Waals surface area contributed by atoms with E-state index in [1.165, 1.54) is 0 Å². The predicted molar refractivity (Wildman–Crippen MR) is 73.5 cm³/mol. The topological polar surface area (TPSA) is 0 Å². The fourth-order valence-electron chi connectivity index (χ4n) is 1.30. The highest BCUT2D eigenvalue weighted by atomic mass is 32.2. The summed E-state index contributed by atoms with van der Waals surface area (Å²) < 4.78 is 0.802. The first-order valence-corrected chi connectivity index (χ1v) is 6.22. The Morgan fingerprint density at radius 2 is 0.733 bits per heavy atom. The molecular formula is C14H24S. The minimum atomic E-state index is 0.401. The zero-order chi connectivity index (χ0) is 11.9. The molecule has 0 amide bonds. The molecule has 15 heavy (non-hydrogen) atoms. The fourth-order valence-corrected chi connectivity index (χ4v) is 3.14. The smallest absolute Gasteiger partial charge is 0.00803 e. The molecule has 1 aromatic rings. The van der Waals surface area contributed by atoms with Crippen LogP contribution in [0, 0.1) is 0 Å². The molecule has 0 atom stereocenters. The highest BCUT2D eigenvalue weighted by Crippen LogP contribution is 2.35. The van der Waals surface area contributed by atoms with Crippen LogP contribution in [0.4, 0.5) is 0 Å². The number of hydrogen-bond donors (Lipinski definition) is 0. The molecule has 0 unspecified atom stereocenters. The maximum Gasteiger partial charge on any atom is 0.00803 e. The molecule has 86 valence electrons. The molecule has 0 bridgehead atoms. The Bertz CT molecular complexity index is 200. The van der Waals surface area contributed by atoms with Crippen molar-refractivity contribution in [1.82, 2.24) is 0 Å². The number of thioether (sulfide) groups is 1. The van der Waals surface area contributed by atoms with Crippen LogP contribution in [-0.4, -0.2) is 9.49 Å². The van der Waals surface area contributed by atoms with E-state index in [0.717, 1.165) is 0 Å². The van der Waals surface area contributed by atoms with Crippen molar-refractivity contribution in [2.24, 2.45) is 0 Å². The largest absolute Gasteiger partial charge is 0.150 e. The first-order valence-electron chi connectivity index (χ1n) is 5.41. The van der Waals surface area contributed by atoms with Gasteiger partial charge in [0.15, 0.2) is 0 Å². The van der Waals surface area contributed by atoms with Gasteiger partial charge in [-0.1, -0.05) is 77.9 Å². The molecular weight excluding hydrogens is 200 g/mol. The Balaban J connectivity index is 0.000000280. The third kappa shape index (κ3) is 13.6. The van der Waals surface area contributed by atoms with Gasteiger partial charge in [0, 0.05) is 9.49 Å². The SMILES string of the molecule is CC(C)(C)SC(C)(C)C.c1ccccc1. The lowest BCUT2D eigenvalue weighted by Gasteiger charge is -2.28. The van der Waals surface area contributed by atoms with Crippen molar-refractivity contribution in [3.05, 3.63) is 36.4 Å². The standard InChI is InChI=1S/C8H18S.C6H6/c1-7(2,3)9-8(4,5)6;1-2-4-6-5-3-1/h1-6H3;1-6H. The quantitative estimate of drug-likeness (QED) is 0.597. The van der Waals surface area contributed by atoms with Crippen molar-refractivity contribution in [3.63, 3.8) is 0 Å². The van der Waals surface area contributed by atoms with Crippen molar-refractivity contribution >= 4 is 11.8 Å². The molecule has 0 saturated heterocycles. The van der Waals surface area contributed by atoms with Crippen LogP contribution in [0.3, 0.4) is 0 Å². The fraction of sp³-hybridized carbons (Fsp3) is 0.571. The molecule has 0 aliphatic heterocycles. The molecule has 1 aromatic carbocycles. The van der Waals surface area contributed by atoms with E-state index in [1.807, 2.05) is 48.2 Å². The molecule has 0 radical (unpaired) electrons. The number of rotatable bonds is 0. The van der Waals surface area contributed by atoms with Crippen molar-refractivity contribution < 1.29 is 0 Å². The van der Waals surface area contributed by atoms with Crippen LogP contribution >= 0.6 is 11.8 Å². The third-order valence-corrected chi connectivity index (χ3v) is 2.50. The monoisotopic (exact) mass is 224 g/mol. The highest BCUT2D eigenvalue weighted by Gasteiger charge is 2.20. The number of benzene rings is 1. The molecule has 0 nitrogen and oxygen atoms in total. The summed E-state index contributed by atoms with van der Waals surface area (Å²) in [7, 11) is 0. The number of hydrogen-bond acceptors (Lipinski definition) is 1. The second kappa shape index (κ2) is 6.22. The van der Waals surface area contributed by atoms with Gasteiger partial charge < -0.3 is 0 Å². The lowest BCUT2D eigenvalue weighted by atomic mass is 10.2. The van der Waals surface area contributed by atoms with E-state index in [0.29, 0.717) is 9.49 Å². The molecule has 0 saturated carbocycles. The summed E-state index contributed by atoms with van der Waals surface area (Å²) in [5, 5.41) is 0. The van der Waals surface area contributed by atoms with Gasteiger partial charge >= 0.3 is 0 Å². The van der Waals surface area contributed by atoms with Crippen LogP contribution in [0.1, 0.15) is 41.5 Å². The van der Waals surface area contributed by atoms with Crippen LogP contribution in [-0.2, 0) is 0 Å². The summed E-state index contributed by atoms with van der Waals surface area (Å²) in [5.41, 5.74) is 0. The van der Waals surface area contributed by atoms with E-state index >= 15 is 0 Å². The predicted octanol–water partition coefficient (Wildman–Crippen LogP) is 5.00. The molecule has 1 heteroatoms. The van der Waals surface area contributed by atoms with Gasteiger partial charge in [-0.15, -0.1) is 0 Å². The van der Waals surface area contributed by atoms with Crippen molar-refractivity contribution in [2.45, 2.75) is 51.0 Å². The first-order chi connectivity index (χ1) is 6.71. The average molecular weight is 224 g/mol. The van der Waals surface area contributed by atoms with Crippen LogP contribution in [0.5, 0.6) is 0 Å². The molecule has 0 aliphatic carbocycles. The second-order valence-electron chi connectivity index (χ2n) is 5.48. The molecule has 0 aliphatic rings. The van der Waals surface area contributed by atoms with E-state index in [-0.39, 0.29) is 0 Å². The van der Waals surface area contributed by atoms with E-state index < -0.39 is 0 Å². The van der Waals surface area contributed by atoms with Crippen molar-refractivity contribution in [3.8, 4) is 0 Å². The zero-order valence-electron chi connectivity index (χ0n) is 10.9. The summed E-state index contributed by atoms with van der Waals surface area (Å²) in [6.45, 7) is 13.5. The Kier molecular flexibility index (Phi) is 6.04. The van der Waals surface area contributed by atoms with Crippen LogP contribution in [0.25, 0.3) is 0 Å². The summed E-state index contributed by atoms with van der Waals surface area (Å²) in [5.74, 6) is 0. The first kappa shape index (κ1) is 14.6. The maximum absolute atomic E-state index is 2.25. The Labute approximate surface area is 99.5 Å². The van der Waals surface area contributed by atoms with E-state index in [4.69, 9.17) is 0 Å². The van der Waals surface area contributed by atoms with Crippen LogP contribution < -0.4 is 0 Å². The van der Waals surface area contributed by atoms with Gasteiger partial charge in [-0.2, -0.15) is 11.8 Å². The lowest BCUT2D eigenvalue weighted by Crippen LogP contribution is -2.19. The molecule has 0 spiro atoms. The normalized spacial score (nSPS) is 11.6. The maximum atomic E-state index is 2.25. The van der Waals surface area contributed by atoms with Gasteiger partial charge in [0.25, 0.3) is 0 Å². The minimum Gasteiger partial charge on any atom is -0.150 e. The summed E-state index contributed by atoms with van der Waals surface area (Å²) in [6.07, 6.45) is 0. The van der Waals surface area contributed by atoms with E-state index in [2.05, 4.69) is 41.5 Å². The minimum absolute atomic E-state index is 0.401. The lowest BCUT2D eigenvalue weighted by molar-refractivity contribution is 0.740. The summed E-state index contributed by atoms with van der Waals surface area (Å²) in [4.78, 5) is 0. The summed E-state index contributed by atoms with van der Waals surface area (Å²) in [6, 6.07) is 12.0. The zero-order valence-corrected chi connectivity index (χ0v) is 11.7. The Morgan fingerprint density at radius 3 is 0.800 bits per heavy atom. The van der Waals surface area contributed by atoms with Gasteiger partial charge in [-0.25, -0.2) is 0 Å². The Morgan fingerprint density at radius 1 is 0.533 bits per heavy atom. The van der Waals surface area contributed by atoms with Gasteiger partial charge in [-0.3, -0.25) is 0 Å². The Hall–Kier alpha value is -0.430. The highest BCUT2D eigenvalue weighted by molar-refractivity contribution is 8.01. The van der Waals surface area contributed by atoms with Gasteiger partial charge in [0.1, 0.15) is 0 Å². The van der Waals surface area contributed by atoms with Crippen LogP contribution in [0.2, 0.25) is 0 Å². The molecule has 0 heterocycles. The molecule has 1 rings (SSSR count). The third-order valence-electron chi connectivity index (χ3n) is 1.28. The molecule has 0 aromatic heterocycles. The van der Waals surface area contributed by atoms with E-state index in [1.54, 1.807) is 0 Å². The van der Waals surface area contributed by atoms with E-state index in [9.17, 15) is 0 Å². The van der Waals surface area contributed by atoms with Crippen molar-refractivity contribution in [2.75, 3.05) is 0 Å². The van der Waals surface area contributed by atoms with Gasteiger partial charge in [0.05, 0.1) is 0 Å². The second-order valence-corrected chi connectivity index (χ2v) is 8.14. The van der Waals surface area contributed by atoms with Crippen LogP contribution in [0.15, 0.2) is 36.4 Å². The van der Waals surface area contributed by atoms with Gasteiger partial charge in [0.2, 0.25) is 0 Å².